The van der Waals surface area contributed by atoms with Gasteiger partial charge in [0.15, 0.2) is 5.54 Å². The van der Waals surface area contributed by atoms with Crippen LogP contribution < -0.4 is 10.6 Å². The molecule has 0 saturated heterocycles. The van der Waals surface area contributed by atoms with Crippen LogP contribution in [-0.2, 0) is 16.8 Å². The van der Waals surface area contributed by atoms with E-state index < -0.39 is 5.54 Å². The quantitative estimate of drug-likeness (QED) is 0.697. The molecule has 1 spiro atoms. The zero-order valence-electron chi connectivity index (χ0n) is 15.9. The molecule has 0 saturated carbocycles. The number of anilines is 1. The zero-order chi connectivity index (χ0) is 18.8. The lowest BCUT2D eigenvalue weighted by Crippen LogP contribution is -2.53. The first-order valence-corrected chi connectivity index (χ1v) is 9.48. The Morgan fingerprint density at radius 2 is 1.78 bits per heavy atom. The molecule has 3 aromatic rings. The molecule has 1 atom stereocenters. The SMILES string of the molecule is Cc1ccc2c(c1)C1(NCCc3c1c(C)n(-c1ccccc1)c3C)C(=O)N2. The number of aryl methyl sites for hydroxylation is 1. The van der Waals surface area contributed by atoms with E-state index in [1.807, 2.05) is 12.1 Å². The minimum atomic E-state index is -0.802. The number of rotatable bonds is 1. The molecule has 0 fully saturated rings. The van der Waals surface area contributed by atoms with Crippen molar-refractivity contribution in [3.63, 3.8) is 0 Å². The van der Waals surface area contributed by atoms with Gasteiger partial charge in [-0.05, 0) is 51.0 Å². The molecule has 1 amide bonds. The Kier molecular flexibility index (Phi) is 3.37. The molecule has 136 valence electrons. The zero-order valence-corrected chi connectivity index (χ0v) is 15.9. The molecule has 2 aliphatic heterocycles. The van der Waals surface area contributed by atoms with Crippen LogP contribution in [-0.4, -0.2) is 17.0 Å². The van der Waals surface area contributed by atoms with Gasteiger partial charge in [0.05, 0.1) is 0 Å². The number of hydrogen-bond acceptors (Lipinski definition) is 2. The molecule has 4 heteroatoms. The highest BCUT2D eigenvalue weighted by Gasteiger charge is 2.52. The molecular weight excluding hydrogens is 334 g/mol. The monoisotopic (exact) mass is 357 g/mol. The number of amides is 1. The highest BCUT2D eigenvalue weighted by atomic mass is 16.2. The third-order valence-corrected chi connectivity index (χ3v) is 6.09. The van der Waals surface area contributed by atoms with Gasteiger partial charge in [-0.1, -0.05) is 35.9 Å². The van der Waals surface area contributed by atoms with Crippen molar-refractivity contribution in [2.75, 3.05) is 11.9 Å². The van der Waals surface area contributed by atoms with Gasteiger partial charge in [0.1, 0.15) is 0 Å². The van der Waals surface area contributed by atoms with Crippen LogP contribution in [0.15, 0.2) is 48.5 Å². The lowest BCUT2D eigenvalue weighted by atomic mass is 9.78. The number of carbonyl (C=O) groups is 1. The van der Waals surface area contributed by atoms with E-state index in [0.29, 0.717) is 0 Å². The largest absolute Gasteiger partial charge is 0.324 e. The Balaban J connectivity index is 1.83. The van der Waals surface area contributed by atoms with Crippen molar-refractivity contribution in [1.82, 2.24) is 9.88 Å². The lowest BCUT2D eigenvalue weighted by Gasteiger charge is -2.34. The topological polar surface area (TPSA) is 46.1 Å². The standard InChI is InChI=1S/C23H23N3O/c1-14-9-10-20-19(13-14)23(22(27)25-20)21-16(3)26(17-7-5-4-6-8-17)15(2)18(21)11-12-24-23/h4-10,13,24H,11-12H2,1-3H3,(H,25,27). The predicted octanol–water partition coefficient (Wildman–Crippen LogP) is 3.74. The second-order valence-corrected chi connectivity index (χ2v) is 7.63. The van der Waals surface area contributed by atoms with Gasteiger partial charge >= 0.3 is 0 Å². The minimum absolute atomic E-state index is 0.0253. The van der Waals surface area contributed by atoms with Crippen LogP contribution in [0.25, 0.3) is 5.69 Å². The van der Waals surface area contributed by atoms with Gasteiger partial charge in [0.2, 0.25) is 0 Å². The molecule has 0 aliphatic carbocycles. The van der Waals surface area contributed by atoms with E-state index in [1.165, 1.54) is 11.3 Å². The van der Waals surface area contributed by atoms with E-state index >= 15 is 0 Å². The number of benzene rings is 2. The molecule has 1 unspecified atom stereocenters. The van der Waals surface area contributed by atoms with E-state index in [4.69, 9.17) is 0 Å². The normalized spacial score (nSPS) is 20.5. The summed E-state index contributed by atoms with van der Waals surface area (Å²) in [6.45, 7) is 7.16. The van der Waals surface area contributed by atoms with E-state index in [2.05, 4.69) is 72.4 Å². The van der Waals surface area contributed by atoms with Crippen molar-refractivity contribution in [2.24, 2.45) is 0 Å². The number of fused-ring (bicyclic) bond motifs is 4. The molecule has 4 nitrogen and oxygen atoms in total. The summed E-state index contributed by atoms with van der Waals surface area (Å²) in [5.41, 5.74) is 8.22. The number of para-hydroxylation sites is 1. The fourth-order valence-corrected chi connectivity index (χ4v) is 4.97. The number of hydrogen-bond donors (Lipinski definition) is 2. The van der Waals surface area contributed by atoms with Crippen molar-refractivity contribution >= 4 is 11.6 Å². The summed E-state index contributed by atoms with van der Waals surface area (Å²) in [5.74, 6) is 0.0253. The van der Waals surface area contributed by atoms with Gasteiger partial charge in [-0.3, -0.25) is 10.1 Å². The first kappa shape index (κ1) is 16.3. The van der Waals surface area contributed by atoms with E-state index in [0.717, 1.165) is 46.7 Å². The molecule has 0 bridgehead atoms. The second kappa shape index (κ2) is 5.57. The van der Waals surface area contributed by atoms with E-state index in [1.54, 1.807) is 0 Å². The third-order valence-electron chi connectivity index (χ3n) is 6.09. The van der Waals surface area contributed by atoms with Gasteiger partial charge in [-0.2, -0.15) is 0 Å². The van der Waals surface area contributed by atoms with Crippen molar-refractivity contribution < 1.29 is 4.79 Å². The van der Waals surface area contributed by atoms with Crippen LogP contribution in [0.3, 0.4) is 0 Å². The lowest BCUT2D eigenvalue weighted by molar-refractivity contribution is -0.120. The van der Waals surface area contributed by atoms with Gasteiger partial charge in [-0.15, -0.1) is 0 Å². The maximum atomic E-state index is 13.3. The molecule has 1 aromatic heterocycles. The van der Waals surface area contributed by atoms with Gasteiger partial charge < -0.3 is 9.88 Å². The van der Waals surface area contributed by atoms with Crippen LogP contribution in [0, 0.1) is 20.8 Å². The van der Waals surface area contributed by atoms with Crippen molar-refractivity contribution in [2.45, 2.75) is 32.7 Å². The Morgan fingerprint density at radius 3 is 2.56 bits per heavy atom. The molecule has 5 rings (SSSR count). The highest BCUT2D eigenvalue weighted by molar-refractivity contribution is 6.09. The average Bonchev–Trinajstić information content (AvgIpc) is 3.09. The summed E-state index contributed by atoms with van der Waals surface area (Å²) in [7, 11) is 0. The number of aromatic nitrogens is 1. The predicted molar refractivity (Wildman–Crippen MR) is 108 cm³/mol. The van der Waals surface area contributed by atoms with Gasteiger partial charge in [-0.25, -0.2) is 0 Å². The molecule has 2 aliphatic rings. The molecular formula is C23H23N3O. The summed E-state index contributed by atoms with van der Waals surface area (Å²) >= 11 is 0. The number of nitrogens with zero attached hydrogens (tertiary/aromatic N) is 1. The first-order valence-electron chi connectivity index (χ1n) is 9.48. The van der Waals surface area contributed by atoms with Crippen LogP contribution in [0.1, 0.15) is 33.6 Å². The Labute approximate surface area is 159 Å². The highest BCUT2D eigenvalue weighted by Crippen LogP contribution is 2.47. The van der Waals surface area contributed by atoms with Crippen LogP contribution >= 0.6 is 0 Å². The van der Waals surface area contributed by atoms with Crippen LogP contribution in [0.2, 0.25) is 0 Å². The Bertz CT molecular complexity index is 1080. The van der Waals surface area contributed by atoms with Crippen molar-refractivity contribution in [3.8, 4) is 5.69 Å². The second-order valence-electron chi connectivity index (χ2n) is 7.63. The maximum absolute atomic E-state index is 13.3. The maximum Gasteiger partial charge on any atom is 0.254 e. The Morgan fingerprint density at radius 1 is 1.00 bits per heavy atom. The summed E-state index contributed by atoms with van der Waals surface area (Å²) in [6.07, 6.45) is 0.929. The van der Waals surface area contributed by atoms with Gasteiger partial charge in [0, 0.05) is 40.4 Å². The van der Waals surface area contributed by atoms with Crippen molar-refractivity contribution in [3.05, 3.63) is 82.2 Å². The summed E-state index contributed by atoms with van der Waals surface area (Å²) in [5, 5.41) is 6.70. The summed E-state index contributed by atoms with van der Waals surface area (Å²) in [4.78, 5) is 13.3. The summed E-state index contributed by atoms with van der Waals surface area (Å²) in [6, 6.07) is 16.6. The van der Waals surface area contributed by atoms with E-state index in [9.17, 15) is 4.79 Å². The Hall–Kier alpha value is -2.85. The molecule has 2 N–H and O–H groups in total. The van der Waals surface area contributed by atoms with E-state index in [-0.39, 0.29) is 5.91 Å². The van der Waals surface area contributed by atoms with Crippen molar-refractivity contribution in [1.29, 1.82) is 0 Å². The fraction of sp³-hybridized carbons (Fsp3) is 0.261. The summed E-state index contributed by atoms with van der Waals surface area (Å²) < 4.78 is 2.29. The molecule has 3 heterocycles. The smallest absolute Gasteiger partial charge is 0.254 e. The molecule has 27 heavy (non-hydrogen) atoms. The van der Waals surface area contributed by atoms with Crippen LogP contribution in [0.4, 0.5) is 5.69 Å². The average molecular weight is 357 g/mol. The third kappa shape index (κ3) is 2.05. The minimum Gasteiger partial charge on any atom is -0.324 e. The fourth-order valence-electron chi connectivity index (χ4n) is 4.97. The first-order chi connectivity index (χ1) is 13.0. The number of nitrogens with one attached hydrogen (secondary N) is 2. The van der Waals surface area contributed by atoms with Crippen LogP contribution in [0.5, 0.6) is 0 Å². The number of carbonyl (C=O) groups excluding carboxylic acids is 1. The van der Waals surface area contributed by atoms with Gasteiger partial charge in [0.25, 0.3) is 5.91 Å². The molecule has 0 radical (unpaired) electrons. The molecule has 2 aromatic carbocycles.